The number of rotatable bonds is 7. The fourth-order valence-corrected chi connectivity index (χ4v) is 5.17. The standard InChI is InChI=1S/C24H40BN3O3Si/c1-23(2)24(3,4)31-25(30-23)19-17-28(18-29-15-16-32(5,6)7)22-21(19)20(11-12-26-22)27-13-9-8-10-14-27/h11-12,17H,8-10,13-16,18H2,1-7H3. The van der Waals surface area contributed by atoms with Crippen molar-refractivity contribution in [3.8, 4) is 0 Å². The third-order valence-electron chi connectivity index (χ3n) is 7.20. The van der Waals surface area contributed by atoms with E-state index in [1.54, 1.807) is 0 Å². The van der Waals surface area contributed by atoms with Gasteiger partial charge in [0.25, 0.3) is 0 Å². The molecule has 4 heterocycles. The Labute approximate surface area is 194 Å². The number of aromatic nitrogens is 2. The van der Waals surface area contributed by atoms with Crippen LogP contribution in [-0.2, 0) is 20.8 Å². The average Bonchev–Trinajstić information content (AvgIpc) is 3.19. The van der Waals surface area contributed by atoms with E-state index in [0.29, 0.717) is 6.73 Å². The maximum absolute atomic E-state index is 6.47. The topological polar surface area (TPSA) is 48.8 Å². The molecule has 2 aliphatic rings. The van der Waals surface area contributed by atoms with Crippen LogP contribution in [0.25, 0.3) is 11.0 Å². The molecule has 0 aliphatic carbocycles. The molecule has 0 unspecified atom stereocenters. The Kier molecular flexibility index (Phi) is 6.53. The normalized spacial score (nSPS) is 21.0. The molecule has 2 saturated heterocycles. The van der Waals surface area contributed by atoms with Gasteiger partial charge in [-0.25, -0.2) is 4.98 Å². The van der Waals surface area contributed by atoms with Crippen LogP contribution >= 0.6 is 0 Å². The zero-order chi connectivity index (χ0) is 23.1. The van der Waals surface area contributed by atoms with Crippen LogP contribution in [0.2, 0.25) is 25.7 Å². The van der Waals surface area contributed by atoms with E-state index < -0.39 is 15.2 Å². The van der Waals surface area contributed by atoms with Gasteiger partial charge in [-0.2, -0.15) is 0 Å². The number of pyridine rings is 1. The second-order valence-electron chi connectivity index (χ2n) is 11.6. The van der Waals surface area contributed by atoms with E-state index in [2.05, 4.69) is 69.1 Å². The summed E-state index contributed by atoms with van der Waals surface area (Å²) < 4.78 is 21.2. The number of piperidine rings is 1. The molecule has 0 spiro atoms. The van der Waals surface area contributed by atoms with Crippen LogP contribution in [0, 0.1) is 0 Å². The molecule has 0 bridgehead atoms. The van der Waals surface area contributed by atoms with Crippen LogP contribution in [0.3, 0.4) is 0 Å². The fourth-order valence-electron chi connectivity index (χ4n) is 4.42. The molecule has 0 atom stereocenters. The molecule has 6 nitrogen and oxygen atoms in total. The van der Waals surface area contributed by atoms with E-state index in [0.717, 1.165) is 42.2 Å². The molecule has 0 amide bonds. The van der Waals surface area contributed by atoms with E-state index in [4.69, 9.17) is 19.0 Å². The fraction of sp³-hybridized carbons (Fsp3) is 0.708. The van der Waals surface area contributed by atoms with Crippen molar-refractivity contribution in [1.29, 1.82) is 0 Å². The van der Waals surface area contributed by atoms with E-state index in [1.807, 2.05) is 6.20 Å². The van der Waals surface area contributed by atoms with Gasteiger partial charge in [0.05, 0.1) is 11.2 Å². The molecule has 4 rings (SSSR count). The molecule has 2 fully saturated rings. The van der Waals surface area contributed by atoms with Crippen LogP contribution in [0.5, 0.6) is 0 Å². The molecular formula is C24H40BN3O3Si. The molecule has 0 aromatic carbocycles. The summed E-state index contributed by atoms with van der Waals surface area (Å²) >= 11 is 0. The molecule has 8 heteroatoms. The van der Waals surface area contributed by atoms with Crippen LogP contribution in [0.15, 0.2) is 18.5 Å². The molecule has 2 aromatic heterocycles. The van der Waals surface area contributed by atoms with Crippen LogP contribution in [-0.4, -0.2) is 55.6 Å². The van der Waals surface area contributed by atoms with Gasteiger partial charge in [-0.1, -0.05) is 19.6 Å². The van der Waals surface area contributed by atoms with Crippen molar-refractivity contribution >= 4 is 37.4 Å². The lowest BCUT2D eigenvalue weighted by Crippen LogP contribution is -2.41. The SMILES string of the molecule is CC1(C)OB(c2cn(COCC[Si](C)(C)C)c3nccc(N4CCCCC4)c23)OC1(C)C. The Morgan fingerprint density at radius 1 is 1.06 bits per heavy atom. The zero-order valence-corrected chi connectivity index (χ0v) is 22.0. The highest BCUT2D eigenvalue weighted by Gasteiger charge is 2.52. The first-order valence-corrected chi connectivity index (χ1v) is 15.9. The van der Waals surface area contributed by atoms with E-state index in [9.17, 15) is 0 Å². The van der Waals surface area contributed by atoms with Gasteiger partial charge in [-0.15, -0.1) is 0 Å². The Balaban J connectivity index is 1.70. The highest BCUT2D eigenvalue weighted by Crippen LogP contribution is 2.38. The summed E-state index contributed by atoms with van der Waals surface area (Å²) in [7, 11) is -1.54. The number of ether oxygens (including phenoxy) is 1. The van der Waals surface area contributed by atoms with Crippen molar-refractivity contribution in [2.24, 2.45) is 0 Å². The van der Waals surface area contributed by atoms with Crippen LogP contribution < -0.4 is 10.4 Å². The summed E-state index contributed by atoms with van der Waals surface area (Å²) in [5.41, 5.74) is 2.48. The quantitative estimate of drug-likeness (QED) is 0.448. The monoisotopic (exact) mass is 457 g/mol. The Bertz CT molecular complexity index is 932. The summed E-state index contributed by atoms with van der Waals surface area (Å²) in [4.78, 5) is 7.28. The highest BCUT2D eigenvalue weighted by atomic mass is 28.3. The van der Waals surface area contributed by atoms with Gasteiger partial charge in [0.1, 0.15) is 12.4 Å². The van der Waals surface area contributed by atoms with E-state index in [1.165, 1.54) is 24.9 Å². The number of anilines is 1. The maximum atomic E-state index is 6.47. The molecule has 2 aliphatic heterocycles. The summed E-state index contributed by atoms with van der Waals surface area (Å²) in [6.07, 6.45) is 7.84. The lowest BCUT2D eigenvalue weighted by Gasteiger charge is -2.32. The first-order chi connectivity index (χ1) is 15.0. The second kappa shape index (κ2) is 8.78. The predicted molar refractivity (Wildman–Crippen MR) is 136 cm³/mol. The van der Waals surface area contributed by atoms with Crippen molar-refractivity contribution in [2.45, 2.75) is 90.6 Å². The molecule has 0 radical (unpaired) electrons. The average molecular weight is 458 g/mol. The number of fused-ring (bicyclic) bond motifs is 1. The van der Waals surface area contributed by atoms with E-state index >= 15 is 0 Å². The largest absolute Gasteiger partial charge is 0.497 e. The Morgan fingerprint density at radius 2 is 1.72 bits per heavy atom. The first kappa shape index (κ1) is 23.8. The molecule has 0 N–H and O–H groups in total. The second-order valence-corrected chi connectivity index (χ2v) is 17.2. The third kappa shape index (κ3) is 4.79. The third-order valence-corrected chi connectivity index (χ3v) is 8.90. The van der Waals surface area contributed by atoms with Crippen molar-refractivity contribution < 1.29 is 14.0 Å². The smallest absolute Gasteiger partial charge is 0.399 e. The molecule has 0 saturated carbocycles. The lowest BCUT2D eigenvalue weighted by atomic mass is 9.78. The molecule has 176 valence electrons. The maximum Gasteiger partial charge on any atom is 0.497 e. The van der Waals surface area contributed by atoms with Crippen LogP contribution in [0.1, 0.15) is 47.0 Å². The highest BCUT2D eigenvalue weighted by molar-refractivity contribution is 6.76. The van der Waals surface area contributed by atoms with Gasteiger partial charge in [-0.05, 0) is 59.1 Å². The number of nitrogens with zero attached hydrogens (tertiary/aromatic N) is 3. The Hall–Kier alpha value is -1.35. The molecular weight excluding hydrogens is 417 g/mol. The minimum atomic E-state index is -1.13. The zero-order valence-electron chi connectivity index (χ0n) is 21.0. The molecule has 32 heavy (non-hydrogen) atoms. The van der Waals surface area contributed by atoms with Crippen molar-refractivity contribution in [1.82, 2.24) is 9.55 Å². The summed E-state index contributed by atoms with van der Waals surface area (Å²) in [5, 5.41) is 1.14. The summed E-state index contributed by atoms with van der Waals surface area (Å²) in [6, 6.07) is 3.31. The minimum absolute atomic E-state index is 0.382. The van der Waals surface area contributed by atoms with E-state index in [-0.39, 0.29) is 11.2 Å². The lowest BCUT2D eigenvalue weighted by molar-refractivity contribution is 0.00578. The van der Waals surface area contributed by atoms with Crippen LogP contribution in [0.4, 0.5) is 5.69 Å². The Morgan fingerprint density at radius 3 is 2.34 bits per heavy atom. The van der Waals surface area contributed by atoms with Gasteiger partial charge in [0.2, 0.25) is 0 Å². The number of hydrogen-bond acceptors (Lipinski definition) is 5. The summed E-state index contributed by atoms with van der Waals surface area (Å²) in [5.74, 6) is 0. The first-order valence-electron chi connectivity index (χ1n) is 12.1. The van der Waals surface area contributed by atoms with Gasteiger partial charge in [-0.3, -0.25) is 0 Å². The number of hydrogen-bond donors (Lipinski definition) is 0. The predicted octanol–water partition coefficient (Wildman–Crippen LogP) is 4.64. The van der Waals surface area contributed by atoms with Crippen molar-refractivity contribution in [3.05, 3.63) is 18.5 Å². The van der Waals surface area contributed by atoms with Gasteiger partial charge >= 0.3 is 7.12 Å². The van der Waals surface area contributed by atoms with Gasteiger partial charge in [0, 0.05) is 56.7 Å². The van der Waals surface area contributed by atoms with Gasteiger partial charge in [0.15, 0.2) is 0 Å². The van der Waals surface area contributed by atoms with Crippen molar-refractivity contribution in [3.63, 3.8) is 0 Å². The van der Waals surface area contributed by atoms with Crippen molar-refractivity contribution in [2.75, 3.05) is 24.6 Å². The minimum Gasteiger partial charge on any atom is -0.399 e. The molecule has 2 aromatic rings. The van der Waals surface area contributed by atoms with Gasteiger partial charge < -0.3 is 23.5 Å². The summed E-state index contributed by atoms with van der Waals surface area (Å²) in [6.45, 7) is 19.0.